The first-order valence-corrected chi connectivity index (χ1v) is 9.76. The minimum atomic E-state index is -0.205. The van der Waals surface area contributed by atoms with Crippen LogP contribution in [0.1, 0.15) is 38.7 Å². The molecule has 0 spiro atoms. The molecule has 1 aromatic carbocycles. The zero-order valence-electron chi connectivity index (χ0n) is 17.1. The van der Waals surface area contributed by atoms with Gasteiger partial charge in [-0.3, -0.25) is 0 Å². The summed E-state index contributed by atoms with van der Waals surface area (Å²) in [6.07, 6.45) is 3.48. The number of benzene rings is 1. The third kappa shape index (κ3) is 7.81. The SMILES string of the molecule is CCCN1CCC(NC(=NCc2ccc(N(C)C)c(F)c2)NCC)CC1.I. The van der Waals surface area contributed by atoms with Gasteiger partial charge in [0.25, 0.3) is 0 Å². The molecule has 1 aliphatic heterocycles. The zero-order chi connectivity index (χ0) is 18.9. The van der Waals surface area contributed by atoms with Crippen LogP contribution in [0.25, 0.3) is 0 Å². The molecule has 0 bridgehead atoms. The maximum Gasteiger partial charge on any atom is 0.191 e. The van der Waals surface area contributed by atoms with Crippen molar-refractivity contribution in [1.29, 1.82) is 0 Å². The molecule has 154 valence electrons. The molecule has 0 aromatic heterocycles. The van der Waals surface area contributed by atoms with Crippen LogP contribution < -0.4 is 15.5 Å². The van der Waals surface area contributed by atoms with Crippen LogP contribution in [-0.2, 0) is 6.54 Å². The summed E-state index contributed by atoms with van der Waals surface area (Å²) >= 11 is 0. The van der Waals surface area contributed by atoms with Crippen molar-refractivity contribution in [1.82, 2.24) is 15.5 Å². The number of nitrogens with zero attached hydrogens (tertiary/aromatic N) is 3. The molecule has 1 aromatic rings. The van der Waals surface area contributed by atoms with Crippen molar-refractivity contribution >= 4 is 35.6 Å². The summed E-state index contributed by atoms with van der Waals surface area (Å²) in [6, 6.07) is 5.78. The summed E-state index contributed by atoms with van der Waals surface area (Å²) in [7, 11) is 3.69. The highest BCUT2D eigenvalue weighted by atomic mass is 127. The van der Waals surface area contributed by atoms with Crippen LogP contribution in [0.15, 0.2) is 23.2 Å². The molecule has 0 aliphatic carbocycles. The fourth-order valence-corrected chi connectivity index (χ4v) is 3.31. The van der Waals surface area contributed by atoms with Crippen LogP contribution in [0, 0.1) is 5.82 Å². The van der Waals surface area contributed by atoms with Gasteiger partial charge in [0.05, 0.1) is 12.2 Å². The van der Waals surface area contributed by atoms with E-state index in [1.165, 1.54) is 13.0 Å². The number of nitrogens with one attached hydrogen (secondary N) is 2. The van der Waals surface area contributed by atoms with Crippen LogP contribution in [-0.4, -0.2) is 57.2 Å². The first-order chi connectivity index (χ1) is 12.5. The Morgan fingerprint density at radius 2 is 1.96 bits per heavy atom. The third-order valence-corrected chi connectivity index (χ3v) is 4.73. The Labute approximate surface area is 180 Å². The average Bonchev–Trinajstić information content (AvgIpc) is 2.61. The Morgan fingerprint density at radius 3 is 2.52 bits per heavy atom. The number of rotatable bonds is 7. The Bertz CT molecular complexity index is 586. The van der Waals surface area contributed by atoms with Gasteiger partial charge in [0.2, 0.25) is 0 Å². The van der Waals surface area contributed by atoms with E-state index in [1.807, 2.05) is 26.2 Å². The molecule has 0 amide bonds. The number of aliphatic imine (C=N–C) groups is 1. The Hall–Kier alpha value is -1.09. The van der Waals surface area contributed by atoms with Crippen molar-refractivity contribution in [3.63, 3.8) is 0 Å². The van der Waals surface area contributed by atoms with Crippen LogP contribution >= 0.6 is 24.0 Å². The molecule has 7 heteroatoms. The Morgan fingerprint density at radius 1 is 1.26 bits per heavy atom. The second-order valence-corrected chi connectivity index (χ2v) is 7.14. The quantitative estimate of drug-likeness (QED) is 0.349. The Balaban J connectivity index is 0.00000364. The lowest BCUT2D eigenvalue weighted by molar-refractivity contribution is 0.206. The van der Waals surface area contributed by atoms with Gasteiger partial charge in [-0.15, -0.1) is 24.0 Å². The van der Waals surface area contributed by atoms with Gasteiger partial charge in [-0.25, -0.2) is 9.38 Å². The maximum atomic E-state index is 14.1. The highest BCUT2D eigenvalue weighted by molar-refractivity contribution is 14.0. The first-order valence-electron chi connectivity index (χ1n) is 9.76. The van der Waals surface area contributed by atoms with Crippen molar-refractivity contribution in [2.45, 2.75) is 45.7 Å². The van der Waals surface area contributed by atoms with Crippen molar-refractivity contribution < 1.29 is 4.39 Å². The highest BCUT2D eigenvalue weighted by Crippen LogP contribution is 2.18. The minimum absolute atomic E-state index is 0. The third-order valence-electron chi connectivity index (χ3n) is 4.73. The average molecular weight is 491 g/mol. The first kappa shape index (κ1) is 23.9. The lowest BCUT2D eigenvalue weighted by atomic mass is 10.1. The smallest absolute Gasteiger partial charge is 0.191 e. The summed E-state index contributed by atoms with van der Waals surface area (Å²) in [5.74, 6) is 0.613. The number of likely N-dealkylation sites (tertiary alicyclic amines) is 1. The van der Waals surface area contributed by atoms with E-state index in [0.29, 0.717) is 18.3 Å². The second kappa shape index (κ2) is 12.4. The number of guanidine groups is 1. The number of anilines is 1. The molecule has 0 radical (unpaired) electrons. The lowest BCUT2D eigenvalue weighted by Crippen LogP contribution is -2.48. The van der Waals surface area contributed by atoms with E-state index in [-0.39, 0.29) is 29.8 Å². The van der Waals surface area contributed by atoms with Gasteiger partial charge >= 0.3 is 0 Å². The second-order valence-electron chi connectivity index (χ2n) is 7.14. The van der Waals surface area contributed by atoms with Gasteiger partial charge in [0, 0.05) is 39.8 Å². The van der Waals surface area contributed by atoms with E-state index in [2.05, 4.69) is 34.4 Å². The van der Waals surface area contributed by atoms with Crippen molar-refractivity contribution in [2.24, 2.45) is 4.99 Å². The van der Waals surface area contributed by atoms with E-state index in [0.717, 1.165) is 44.0 Å². The molecular weight excluding hydrogens is 456 g/mol. The van der Waals surface area contributed by atoms with Gasteiger partial charge in [0.15, 0.2) is 5.96 Å². The van der Waals surface area contributed by atoms with E-state index in [1.54, 1.807) is 11.0 Å². The zero-order valence-corrected chi connectivity index (χ0v) is 19.4. The highest BCUT2D eigenvalue weighted by Gasteiger charge is 2.19. The van der Waals surface area contributed by atoms with E-state index in [4.69, 9.17) is 0 Å². The van der Waals surface area contributed by atoms with Gasteiger partial charge < -0.3 is 20.4 Å². The fourth-order valence-electron chi connectivity index (χ4n) is 3.31. The molecule has 0 unspecified atom stereocenters. The largest absolute Gasteiger partial charge is 0.375 e. The van der Waals surface area contributed by atoms with E-state index >= 15 is 0 Å². The van der Waals surface area contributed by atoms with Crippen LogP contribution in [0.3, 0.4) is 0 Å². The number of halogens is 2. The molecular formula is C20H35FIN5. The molecule has 0 atom stereocenters. The van der Waals surface area contributed by atoms with Crippen molar-refractivity contribution in [3.8, 4) is 0 Å². The number of piperidine rings is 1. The molecule has 27 heavy (non-hydrogen) atoms. The predicted molar refractivity (Wildman–Crippen MR) is 124 cm³/mol. The molecule has 1 saturated heterocycles. The monoisotopic (exact) mass is 491 g/mol. The minimum Gasteiger partial charge on any atom is -0.375 e. The van der Waals surface area contributed by atoms with Crippen molar-refractivity contribution in [2.75, 3.05) is 45.2 Å². The van der Waals surface area contributed by atoms with E-state index < -0.39 is 0 Å². The molecule has 1 heterocycles. The molecule has 1 aliphatic rings. The van der Waals surface area contributed by atoms with Gasteiger partial charge in [0.1, 0.15) is 5.82 Å². The lowest BCUT2D eigenvalue weighted by Gasteiger charge is -2.32. The van der Waals surface area contributed by atoms with E-state index in [9.17, 15) is 4.39 Å². The molecule has 2 rings (SSSR count). The van der Waals surface area contributed by atoms with Crippen LogP contribution in [0.2, 0.25) is 0 Å². The molecule has 1 fully saturated rings. The summed E-state index contributed by atoms with van der Waals surface area (Å²) in [6.45, 7) is 9.05. The topological polar surface area (TPSA) is 42.9 Å². The molecule has 0 saturated carbocycles. The fraction of sp³-hybridized carbons (Fsp3) is 0.650. The normalized spacial score (nSPS) is 16.0. The van der Waals surface area contributed by atoms with Gasteiger partial charge in [-0.05, 0) is 50.4 Å². The Kier molecular flexibility index (Phi) is 11.0. The van der Waals surface area contributed by atoms with Crippen molar-refractivity contribution in [3.05, 3.63) is 29.6 Å². The number of hydrogen-bond donors (Lipinski definition) is 2. The standard InChI is InChI=1S/C20H34FN5.HI/c1-5-11-26-12-9-17(10-13-26)24-20(22-6-2)23-15-16-7-8-19(25(3)4)18(21)14-16;/h7-8,14,17H,5-6,9-13,15H2,1-4H3,(H2,22,23,24);1H. The summed E-state index contributed by atoms with van der Waals surface area (Å²) in [5, 5.41) is 6.85. The molecule has 2 N–H and O–H groups in total. The predicted octanol–water partition coefficient (Wildman–Crippen LogP) is 3.44. The van der Waals surface area contributed by atoms with Crippen LogP contribution in [0.5, 0.6) is 0 Å². The maximum absolute atomic E-state index is 14.1. The summed E-state index contributed by atoms with van der Waals surface area (Å²) in [4.78, 5) is 8.95. The number of hydrogen-bond acceptors (Lipinski definition) is 3. The van der Waals surface area contributed by atoms with Gasteiger partial charge in [-0.1, -0.05) is 13.0 Å². The summed E-state index contributed by atoms with van der Waals surface area (Å²) < 4.78 is 14.1. The molecule has 5 nitrogen and oxygen atoms in total. The van der Waals surface area contributed by atoms with Crippen LogP contribution in [0.4, 0.5) is 10.1 Å². The summed E-state index contributed by atoms with van der Waals surface area (Å²) in [5.41, 5.74) is 1.48. The van der Waals surface area contributed by atoms with Gasteiger partial charge in [-0.2, -0.15) is 0 Å².